The van der Waals surface area contributed by atoms with E-state index in [2.05, 4.69) is 73.7 Å². The topological polar surface area (TPSA) is 18.5 Å². The highest BCUT2D eigenvalue weighted by Crippen LogP contribution is 2.45. The monoisotopic (exact) mass is 480 g/mol. The van der Waals surface area contributed by atoms with E-state index in [9.17, 15) is 0 Å². The van der Waals surface area contributed by atoms with Gasteiger partial charge in [-0.05, 0) is 60.3 Å². The normalized spacial score (nSPS) is 12.1. The molecule has 148 valence electrons. The van der Waals surface area contributed by atoms with Crippen LogP contribution in [0, 0.1) is 20.8 Å². The zero-order valence-electron chi connectivity index (χ0n) is 17.4. The molecule has 0 spiro atoms. The summed E-state index contributed by atoms with van der Waals surface area (Å²) in [6.07, 6.45) is 6.28. The van der Waals surface area contributed by atoms with Gasteiger partial charge in [0.25, 0.3) is 0 Å². The molecule has 2 rings (SSSR count). The zero-order chi connectivity index (χ0) is 19.8. The first kappa shape index (κ1) is 22.1. The number of ether oxygens (including phenoxy) is 2. The highest BCUT2D eigenvalue weighted by atomic mass is 127. The van der Waals surface area contributed by atoms with Gasteiger partial charge in [0.1, 0.15) is 11.5 Å². The number of benzene rings is 2. The van der Waals surface area contributed by atoms with Crippen LogP contribution >= 0.6 is 22.6 Å². The summed E-state index contributed by atoms with van der Waals surface area (Å²) in [6, 6.07) is 10.9. The lowest BCUT2D eigenvalue weighted by molar-refractivity contribution is 0.387. The quantitative estimate of drug-likeness (QED) is 0.204. The van der Waals surface area contributed by atoms with Gasteiger partial charge in [-0.15, -0.1) is 0 Å². The van der Waals surface area contributed by atoms with Crippen LogP contribution in [0.4, 0.5) is 0 Å². The first-order valence-corrected chi connectivity index (χ1v) is 11.4. The smallest absolute Gasteiger partial charge is 0.126 e. The summed E-state index contributed by atoms with van der Waals surface area (Å²) in [7, 11) is 3.56. The maximum Gasteiger partial charge on any atom is 0.126 e. The molecule has 3 heteroatoms. The van der Waals surface area contributed by atoms with Gasteiger partial charge in [-0.1, -0.05) is 72.2 Å². The van der Waals surface area contributed by atoms with Crippen molar-refractivity contribution in [3.05, 3.63) is 58.1 Å². The minimum Gasteiger partial charge on any atom is -0.496 e. The Morgan fingerprint density at radius 3 is 1.96 bits per heavy atom. The number of hydrogen-bond acceptors (Lipinski definition) is 2. The van der Waals surface area contributed by atoms with Crippen LogP contribution in [0.5, 0.6) is 11.5 Å². The van der Waals surface area contributed by atoms with Gasteiger partial charge >= 0.3 is 0 Å². The minimum atomic E-state index is 0.328. The molecule has 2 aromatic rings. The van der Waals surface area contributed by atoms with Crippen molar-refractivity contribution in [1.82, 2.24) is 0 Å². The molecule has 1 unspecified atom stereocenters. The fourth-order valence-electron chi connectivity index (χ4n) is 4.06. The van der Waals surface area contributed by atoms with Crippen molar-refractivity contribution < 1.29 is 9.47 Å². The Kier molecular flexibility index (Phi) is 8.94. The summed E-state index contributed by atoms with van der Waals surface area (Å²) in [5.41, 5.74) is 6.21. The molecule has 27 heavy (non-hydrogen) atoms. The number of unbranched alkanes of at least 4 members (excludes halogenated alkanes) is 3. The van der Waals surface area contributed by atoms with E-state index in [1.54, 1.807) is 14.2 Å². The van der Waals surface area contributed by atoms with Crippen molar-refractivity contribution in [2.24, 2.45) is 0 Å². The van der Waals surface area contributed by atoms with Gasteiger partial charge in [-0.3, -0.25) is 0 Å². The standard InChI is InChI=1S/C24H33IO2/c1-17-18(2)24(27-5)22(19(3)23(17)26-4)21(15-11-6-7-12-16-25)20-13-9-8-10-14-20/h8-10,13-14,21H,6-7,11-12,15-16H2,1-5H3. The van der Waals surface area contributed by atoms with Crippen LogP contribution in [0.15, 0.2) is 30.3 Å². The van der Waals surface area contributed by atoms with Crippen molar-refractivity contribution in [2.45, 2.75) is 58.8 Å². The maximum atomic E-state index is 5.93. The van der Waals surface area contributed by atoms with Gasteiger partial charge in [-0.2, -0.15) is 0 Å². The van der Waals surface area contributed by atoms with Crippen molar-refractivity contribution in [3.63, 3.8) is 0 Å². The molecule has 0 aliphatic heterocycles. The van der Waals surface area contributed by atoms with Crippen LogP contribution in [-0.2, 0) is 0 Å². The number of alkyl halides is 1. The van der Waals surface area contributed by atoms with Gasteiger partial charge in [0.15, 0.2) is 0 Å². The van der Waals surface area contributed by atoms with Gasteiger partial charge in [0.05, 0.1) is 14.2 Å². The van der Waals surface area contributed by atoms with E-state index in [4.69, 9.17) is 9.47 Å². The summed E-state index contributed by atoms with van der Waals surface area (Å²) in [4.78, 5) is 0. The lowest BCUT2D eigenvalue weighted by atomic mass is 9.81. The molecule has 0 aromatic heterocycles. The molecule has 0 bridgehead atoms. The number of hydrogen-bond donors (Lipinski definition) is 0. The summed E-state index contributed by atoms with van der Waals surface area (Å²) >= 11 is 2.47. The Balaban J connectivity index is 2.50. The molecule has 0 fully saturated rings. The van der Waals surface area contributed by atoms with E-state index < -0.39 is 0 Å². The largest absolute Gasteiger partial charge is 0.496 e. The molecule has 1 atom stereocenters. The Labute approximate surface area is 178 Å². The average Bonchev–Trinajstić information content (AvgIpc) is 2.69. The van der Waals surface area contributed by atoms with Crippen LogP contribution in [0.3, 0.4) is 0 Å². The zero-order valence-corrected chi connectivity index (χ0v) is 19.6. The highest BCUT2D eigenvalue weighted by molar-refractivity contribution is 14.1. The summed E-state index contributed by atoms with van der Waals surface area (Å²) in [5, 5.41) is 0. The lowest BCUT2D eigenvalue weighted by Crippen LogP contribution is -2.10. The van der Waals surface area contributed by atoms with Crippen LogP contribution in [0.2, 0.25) is 0 Å². The van der Waals surface area contributed by atoms with Crippen molar-refractivity contribution in [2.75, 3.05) is 18.6 Å². The molecule has 2 aromatic carbocycles. The summed E-state index contributed by atoms with van der Waals surface area (Å²) in [6.45, 7) is 6.44. The first-order valence-electron chi connectivity index (χ1n) is 9.89. The molecular weight excluding hydrogens is 447 g/mol. The second-order valence-electron chi connectivity index (χ2n) is 7.21. The SMILES string of the molecule is COc1c(C)c(C)c(OC)c(C(CCCCCCI)c2ccccc2)c1C. The van der Waals surface area contributed by atoms with Gasteiger partial charge < -0.3 is 9.47 Å². The summed E-state index contributed by atoms with van der Waals surface area (Å²) in [5.74, 6) is 2.34. The third kappa shape index (κ3) is 5.18. The molecule has 0 aliphatic rings. The molecule has 0 amide bonds. The molecule has 0 N–H and O–H groups in total. The van der Waals surface area contributed by atoms with E-state index in [1.807, 2.05) is 0 Å². The Hall–Kier alpha value is -1.23. The van der Waals surface area contributed by atoms with E-state index in [-0.39, 0.29) is 0 Å². The van der Waals surface area contributed by atoms with E-state index in [1.165, 1.54) is 57.9 Å². The lowest BCUT2D eigenvalue weighted by Gasteiger charge is -2.27. The fourth-order valence-corrected chi connectivity index (χ4v) is 4.60. The Morgan fingerprint density at radius 1 is 0.778 bits per heavy atom. The van der Waals surface area contributed by atoms with E-state index in [0.717, 1.165) is 17.9 Å². The number of halogens is 1. The Morgan fingerprint density at radius 2 is 1.37 bits per heavy atom. The van der Waals surface area contributed by atoms with E-state index >= 15 is 0 Å². The third-order valence-corrected chi connectivity index (χ3v) is 6.33. The van der Waals surface area contributed by atoms with Crippen LogP contribution in [0.25, 0.3) is 0 Å². The minimum absolute atomic E-state index is 0.328. The van der Waals surface area contributed by atoms with Crippen molar-refractivity contribution >= 4 is 22.6 Å². The van der Waals surface area contributed by atoms with Crippen molar-refractivity contribution in [3.8, 4) is 11.5 Å². The third-order valence-electron chi connectivity index (χ3n) is 5.57. The second kappa shape index (κ2) is 10.9. The molecule has 0 saturated carbocycles. The van der Waals surface area contributed by atoms with Gasteiger partial charge in [0.2, 0.25) is 0 Å². The van der Waals surface area contributed by atoms with Crippen LogP contribution in [0.1, 0.15) is 65.8 Å². The average molecular weight is 480 g/mol. The summed E-state index contributed by atoms with van der Waals surface area (Å²) < 4.78 is 13.0. The Bertz CT molecular complexity index is 725. The predicted octanol–water partition coefficient (Wildman–Crippen LogP) is 7.15. The fraction of sp³-hybridized carbons (Fsp3) is 0.500. The predicted molar refractivity (Wildman–Crippen MR) is 124 cm³/mol. The van der Waals surface area contributed by atoms with E-state index in [0.29, 0.717) is 5.92 Å². The number of rotatable bonds is 10. The van der Waals surface area contributed by atoms with Crippen LogP contribution in [-0.4, -0.2) is 18.6 Å². The molecule has 0 heterocycles. The molecule has 0 saturated heterocycles. The second-order valence-corrected chi connectivity index (χ2v) is 8.29. The van der Waals surface area contributed by atoms with Gasteiger partial charge in [-0.25, -0.2) is 0 Å². The molecule has 2 nitrogen and oxygen atoms in total. The molecular formula is C24H33IO2. The maximum absolute atomic E-state index is 5.93. The number of methoxy groups -OCH3 is 2. The molecule has 0 radical (unpaired) electrons. The highest BCUT2D eigenvalue weighted by Gasteiger charge is 2.26. The van der Waals surface area contributed by atoms with Gasteiger partial charge in [0, 0.05) is 11.5 Å². The van der Waals surface area contributed by atoms with Crippen LogP contribution < -0.4 is 9.47 Å². The van der Waals surface area contributed by atoms with Crippen molar-refractivity contribution in [1.29, 1.82) is 0 Å². The molecule has 0 aliphatic carbocycles. The first-order chi connectivity index (χ1) is 13.1.